The van der Waals surface area contributed by atoms with Gasteiger partial charge < -0.3 is 10.1 Å². The fourth-order valence-corrected chi connectivity index (χ4v) is 3.00. The van der Waals surface area contributed by atoms with Crippen molar-refractivity contribution in [1.29, 1.82) is 0 Å². The maximum atomic E-state index is 12.6. The van der Waals surface area contributed by atoms with Gasteiger partial charge in [0.1, 0.15) is 5.75 Å². The smallest absolute Gasteiger partial charge is 0.416 e. The van der Waals surface area contributed by atoms with Crippen LogP contribution >= 0.6 is 11.6 Å². The van der Waals surface area contributed by atoms with E-state index in [0.717, 1.165) is 24.3 Å². The molecule has 0 aliphatic carbocycles. The summed E-state index contributed by atoms with van der Waals surface area (Å²) in [7, 11) is 0. The molecule has 0 saturated carbocycles. The number of hydrogen-bond acceptors (Lipinski definition) is 5. The number of alkyl halides is 3. The second kappa shape index (κ2) is 10.8. The SMILES string of the molecule is C/C(=N\NC(=O)C(=O)Nc1ccc(C(F)(F)F)cc1)c1ccccc1OC(=O)c1cccc(Cl)c1. The zero-order valence-electron chi connectivity index (χ0n) is 18.0. The summed E-state index contributed by atoms with van der Waals surface area (Å²) in [6.07, 6.45) is -4.52. The third-order valence-electron chi connectivity index (χ3n) is 4.54. The predicted octanol–water partition coefficient (Wildman–Crippen LogP) is 5.06. The van der Waals surface area contributed by atoms with E-state index < -0.39 is 29.5 Å². The average molecular weight is 504 g/mol. The summed E-state index contributed by atoms with van der Waals surface area (Å²) in [6, 6.07) is 16.2. The minimum atomic E-state index is -4.52. The van der Waals surface area contributed by atoms with Crippen molar-refractivity contribution in [1.82, 2.24) is 5.43 Å². The van der Waals surface area contributed by atoms with Gasteiger partial charge in [-0.15, -0.1) is 0 Å². The Balaban J connectivity index is 1.66. The van der Waals surface area contributed by atoms with Crippen LogP contribution in [0.15, 0.2) is 77.9 Å². The van der Waals surface area contributed by atoms with Crippen molar-refractivity contribution in [2.75, 3.05) is 5.32 Å². The Morgan fingerprint density at radius 1 is 0.914 bits per heavy atom. The van der Waals surface area contributed by atoms with E-state index in [4.69, 9.17) is 16.3 Å². The van der Waals surface area contributed by atoms with Gasteiger partial charge in [0.25, 0.3) is 0 Å². The van der Waals surface area contributed by atoms with Gasteiger partial charge in [0.15, 0.2) is 0 Å². The molecule has 0 bridgehead atoms. The summed E-state index contributed by atoms with van der Waals surface area (Å²) >= 11 is 5.90. The molecule has 180 valence electrons. The lowest BCUT2D eigenvalue weighted by atomic mass is 10.1. The number of carbonyl (C=O) groups is 3. The van der Waals surface area contributed by atoms with Gasteiger partial charge in [-0.2, -0.15) is 18.3 Å². The highest BCUT2D eigenvalue weighted by atomic mass is 35.5. The van der Waals surface area contributed by atoms with Crippen LogP contribution in [0.2, 0.25) is 5.02 Å². The van der Waals surface area contributed by atoms with Crippen molar-refractivity contribution in [3.8, 4) is 5.75 Å². The minimum absolute atomic E-state index is 0.00266. The predicted molar refractivity (Wildman–Crippen MR) is 123 cm³/mol. The zero-order chi connectivity index (χ0) is 25.6. The highest BCUT2D eigenvalue weighted by molar-refractivity contribution is 6.39. The number of nitrogens with one attached hydrogen (secondary N) is 2. The Labute approximate surface area is 202 Å². The van der Waals surface area contributed by atoms with Crippen molar-refractivity contribution in [3.63, 3.8) is 0 Å². The average Bonchev–Trinajstić information content (AvgIpc) is 2.82. The van der Waals surface area contributed by atoms with E-state index in [1.165, 1.54) is 25.1 Å². The van der Waals surface area contributed by atoms with Gasteiger partial charge in [0, 0.05) is 16.3 Å². The van der Waals surface area contributed by atoms with Crippen LogP contribution in [0.5, 0.6) is 5.75 Å². The van der Waals surface area contributed by atoms with Crippen molar-refractivity contribution in [2.24, 2.45) is 5.10 Å². The first-order valence-electron chi connectivity index (χ1n) is 9.94. The van der Waals surface area contributed by atoms with Gasteiger partial charge in [-0.05, 0) is 61.5 Å². The van der Waals surface area contributed by atoms with E-state index in [0.29, 0.717) is 10.6 Å². The standard InChI is InChI=1S/C24H17ClF3N3O4/c1-14(19-7-2-3-8-20(19)35-23(34)15-5-4-6-17(25)13-15)30-31-22(33)21(32)29-18-11-9-16(10-12-18)24(26,27)28/h2-13H,1H3,(H,29,32)(H,31,33)/b30-14+. The van der Waals surface area contributed by atoms with E-state index >= 15 is 0 Å². The maximum absolute atomic E-state index is 12.6. The number of nitrogens with zero attached hydrogens (tertiary/aromatic N) is 1. The summed E-state index contributed by atoms with van der Waals surface area (Å²) in [5, 5.41) is 6.39. The number of carbonyl (C=O) groups excluding carboxylic acids is 3. The van der Waals surface area contributed by atoms with Crippen LogP contribution in [0.1, 0.15) is 28.4 Å². The largest absolute Gasteiger partial charge is 0.422 e. The number of amides is 2. The van der Waals surface area contributed by atoms with Crippen LogP contribution in [0.25, 0.3) is 0 Å². The molecule has 0 heterocycles. The Bertz CT molecular complexity index is 1290. The Morgan fingerprint density at radius 2 is 1.60 bits per heavy atom. The first-order valence-corrected chi connectivity index (χ1v) is 10.3. The molecule has 0 saturated heterocycles. The van der Waals surface area contributed by atoms with Gasteiger partial charge in [-0.3, -0.25) is 9.59 Å². The first kappa shape index (κ1) is 25.4. The fourth-order valence-electron chi connectivity index (χ4n) is 2.80. The van der Waals surface area contributed by atoms with E-state index in [1.807, 2.05) is 0 Å². The highest BCUT2D eigenvalue weighted by Gasteiger charge is 2.30. The monoisotopic (exact) mass is 503 g/mol. The van der Waals surface area contributed by atoms with Crippen LogP contribution in [0.3, 0.4) is 0 Å². The summed E-state index contributed by atoms with van der Waals surface area (Å²) < 4.78 is 43.3. The van der Waals surface area contributed by atoms with Crippen LogP contribution < -0.4 is 15.5 Å². The van der Waals surface area contributed by atoms with Crippen molar-refractivity contribution in [2.45, 2.75) is 13.1 Å². The number of ether oxygens (including phenoxy) is 1. The molecule has 3 aromatic carbocycles. The van der Waals surface area contributed by atoms with E-state index in [1.54, 1.807) is 30.3 Å². The number of hydrazone groups is 1. The van der Waals surface area contributed by atoms with Crippen LogP contribution in [-0.4, -0.2) is 23.5 Å². The molecule has 2 N–H and O–H groups in total. The zero-order valence-corrected chi connectivity index (χ0v) is 18.8. The third kappa shape index (κ3) is 6.90. The lowest BCUT2D eigenvalue weighted by molar-refractivity contribution is -0.137. The molecule has 0 atom stereocenters. The molecule has 35 heavy (non-hydrogen) atoms. The molecule has 0 unspecified atom stereocenters. The summed E-state index contributed by atoms with van der Waals surface area (Å²) in [5.41, 5.74) is 1.98. The van der Waals surface area contributed by atoms with E-state index in [-0.39, 0.29) is 22.7 Å². The van der Waals surface area contributed by atoms with E-state index in [9.17, 15) is 27.6 Å². The van der Waals surface area contributed by atoms with Crippen molar-refractivity contribution < 1.29 is 32.3 Å². The normalized spacial score (nSPS) is 11.5. The number of esters is 1. The summed E-state index contributed by atoms with van der Waals surface area (Å²) in [4.78, 5) is 36.6. The lowest BCUT2D eigenvalue weighted by Crippen LogP contribution is -2.33. The maximum Gasteiger partial charge on any atom is 0.416 e. The molecule has 3 rings (SSSR count). The molecule has 0 radical (unpaired) electrons. The topological polar surface area (TPSA) is 96.9 Å². The second-order valence-electron chi connectivity index (χ2n) is 7.06. The number of anilines is 1. The Hall–Kier alpha value is -4.18. The molecule has 2 amide bonds. The number of para-hydroxylation sites is 1. The highest BCUT2D eigenvalue weighted by Crippen LogP contribution is 2.29. The van der Waals surface area contributed by atoms with Gasteiger partial charge in [-0.1, -0.05) is 29.8 Å². The number of benzene rings is 3. The third-order valence-corrected chi connectivity index (χ3v) is 4.78. The molecule has 11 heteroatoms. The van der Waals surface area contributed by atoms with Gasteiger partial charge in [0.2, 0.25) is 0 Å². The van der Waals surface area contributed by atoms with Crippen LogP contribution in [-0.2, 0) is 15.8 Å². The number of hydrogen-bond donors (Lipinski definition) is 2. The molecule has 7 nitrogen and oxygen atoms in total. The molecular weight excluding hydrogens is 487 g/mol. The molecule has 3 aromatic rings. The van der Waals surface area contributed by atoms with Gasteiger partial charge >= 0.3 is 24.0 Å². The van der Waals surface area contributed by atoms with Crippen LogP contribution in [0, 0.1) is 0 Å². The number of halogens is 4. The van der Waals surface area contributed by atoms with Crippen LogP contribution in [0.4, 0.5) is 18.9 Å². The molecule has 0 aromatic heterocycles. The molecule has 0 fully saturated rings. The Kier molecular flexibility index (Phi) is 7.87. The van der Waals surface area contributed by atoms with Gasteiger partial charge in [-0.25, -0.2) is 10.2 Å². The van der Waals surface area contributed by atoms with E-state index in [2.05, 4.69) is 15.8 Å². The number of rotatable bonds is 5. The summed E-state index contributed by atoms with van der Waals surface area (Å²) in [6.45, 7) is 1.51. The molecule has 0 aliphatic heterocycles. The van der Waals surface area contributed by atoms with Gasteiger partial charge in [0.05, 0.1) is 16.8 Å². The minimum Gasteiger partial charge on any atom is -0.422 e. The van der Waals surface area contributed by atoms with Crippen molar-refractivity contribution in [3.05, 3.63) is 94.5 Å². The molecule has 0 aliphatic rings. The Morgan fingerprint density at radius 3 is 2.26 bits per heavy atom. The second-order valence-corrected chi connectivity index (χ2v) is 7.50. The quantitative estimate of drug-likeness (QED) is 0.167. The van der Waals surface area contributed by atoms with Crippen molar-refractivity contribution >= 4 is 40.8 Å². The molecular formula is C24H17ClF3N3O4. The fraction of sp³-hybridized carbons (Fsp3) is 0.0833. The summed E-state index contributed by atoms with van der Waals surface area (Å²) in [5.74, 6) is -2.80. The first-order chi connectivity index (χ1) is 16.5. The lowest BCUT2D eigenvalue weighted by Gasteiger charge is -2.10. The molecule has 0 spiro atoms.